The second-order valence-corrected chi connectivity index (χ2v) is 2.68. The Bertz CT molecular complexity index is 23.0. The monoisotopic (exact) mass is 164 g/mol. The average Bonchev–Trinajstić information content (AvgIpc) is 0.722. The first-order valence-electron chi connectivity index (χ1n) is 1.79. The summed E-state index contributed by atoms with van der Waals surface area (Å²) in [5.41, 5.74) is 0. The van der Waals surface area contributed by atoms with Gasteiger partial charge in [0.25, 0.3) is 0 Å². The maximum Gasteiger partial charge on any atom is 4.00 e. The van der Waals surface area contributed by atoms with Crippen molar-refractivity contribution in [3.05, 3.63) is 0 Å². The Hall–Kier alpha value is 0.843. The molecule has 0 bridgehead atoms. The van der Waals surface area contributed by atoms with Crippen molar-refractivity contribution in [3.8, 4) is 0 Å². The second-order valence-electron chi connectivity index (χ2n) is 2.68. The molecule has 0 aliphatic carbocycles. The summed E-state index contributed by atoms with van der Waals surface area (Å²) in [5.74, 6) is 0. The van der Waals surface area contributed by atoms with Crippen LogP contribution in [-0.4, -0.2) is 32.7 Å². The Morgan fingerprint density at radius 1 is 0.833 bits per heavy atom. The Labute approximate surface area is 59.1 Å². The summed E-state index contributed by atoms with van der Waals surface area (Å²) in [4.78, 5) is 0. The van der Waals surface area contributed by atoms with Gasteiger partial charge in [-0.1, -0.05) is 0 Å². The molecule has 0 aliphatic heterocycles. The zero-order chi connectivity index (χ0) is 4.50. The molecule has 0 aromatic heterocycles. The van der Waals surface area contributed by atoms with Gasteiger partial charge in [-0.15, -0.1) is 0 Å². The third-order valence-electron chi connectivity index (χ3n) is 0. The molecule has 0 radical (unpaired) electrons. The van der Waals surface area contributed by atoms with Crippen LogP contribution in [0.1, 0.15) is 0 Å². The van der Waals surface area contributed by atoms with Gasteiger partial charge in [0.1, 0.15) is 0 Å². The molecule has 0 aromatic carbocycles. The fourth-order valence-electron chi connectivity index (χ4n) is 0. The van der Waals surface area contributed by atoms with Gasteiger partial charge in [0.05, 0.1) is 28.2 Å². The Morgan fingerprint density at radius 3 is 0.833 bits per heavy atom. The molecule has 32 valence electrons. The van der Waals surface area contributed by atoms with E-state index in [-0.39, 0.29) is 26.2 Å². The average molecular weight is 165 g/mol. The maximum atomic E-state index is 2.12. The molecule has 0 heterocycles. The molecule has 0 saturated heterocycles. The van der Waals surface area contributed by atoms with Gasteiger partial charge in [0.15, 0.2) is 0 Å². The molecule has 0 spiro atoms. The molecule has 0 amide bonds. The third kappa shape index (κ3) is 101. The summed E-state index contributed by atoms with van der Waals surface area (Å²) >= 11 is 0. The van der Waals surface area contributed by atoms with Crippen molar-refractivity contribution in [3.63, 3.8) is 0 Å². The van der Waals surface area contributed by atoms with Crippen molar-refractivity contribution in [1.82, 2.24) is 0 Å². The number of hydrogen-bond acceptors (Lipinski definition) is 0. The van der Waals surface area contributed by atoms with E-state index in [0.717, 1.165) is 4.48 Å². The third-order valence-corrected chi connectivity index (χ3v) is 0. The maximum absolute atomic E-state index is 2.12. The van der Waals surface area contributed by atoms with Crippen molar-refractivity contribution in [2.24, 2.45) is 0 Å². The largest absolute Gasteiger partial charge is 4.00 e. The van der Waals surface area contributed by atoms with Crippen LogP contribution in [0.25, 0.3) is 0 Å². The molecule has 6 heavy (non-hydrogen) atoms. The summed E-state index contributed by atoms with van der Waals surface area (Å²) < 4.78 is 1.00. The van der Waals surface area contributed by atoms with E-state index >= 15 is 0 Å². The Balaban J connectivity index is 0. The van der Waals surface area contributed by atoms with E-state index in [2.05, 4.69) is 28.2 Å². The summed E-state index contributed by atoms with van der Waals surface area (Å²) in [5, 5.41) is 0. The standard InChI is InChI=1S/C4H12N.Zr/c1-5(2,3)4;/h1-4H3;/q+1;+4. The van der Waals surface area contributed by atoms with Crippen molar-refractivity contribution >= 4 is 0 Å². The van der Waals surface area contributed by atoms with E-state index in [1.54, 1.807) is 0 Å². The number of nitrogens with zero attached hydrogens (tertiary/aromatic N) is 1. The van der Waals surface area contributed by atoms with Crippen LogP contribution in [0, 0.1) is 0 Å². The summed E-state index contributed by atoms with van der Waals surface area (Å²) in [7, 11) is 8.50. The smallest absolute Gasteiger partial charge is 0.333 e. The summed E-state index contributed by atoms with van der Waals surface area (Å²) in [6.07, 6.45) is 0. The van der Waals surface area contributed by atoms with Crippen molar-refractivity contribution in [2.45, 2.75) is 0 Å². The van der Waals surface area contributed by atoms with Crippen LogP contribution in [0.5, 0.6) is 0 Å². The van der Waals surface area contributed by atoms with Gasteiger partial charge < -0.3 is 4.48 Å². The number of quaternary nitrogens is 1. The van der Waals surface area contributed by atoms with E-state index in [1.165, 1.54) is 0 Å². The Morgan fingerprint density at radius 2 is 0.833 bits per heavy atom. The van der Waals surface area contributed by atoms with Crippen LogP contribution < -0.4 is 0 Å². The predicted octanol–water partition coefficient (Wildman–Crippen LogP) is 0.320. The molecule has 0 saturated carbocycles. The zero-order valence-electron chi connectivity index (χ0n) is 4.95. The van der Waals surface area contributed by atoms with Gasteiger partial charge in [-0.25, -0.2) is 0 Å². The van der Waals surface area contributed by atoms with Crippen LogP contribution in [0.4, 0.5) is 0 Å². The number of hydrogen-bond donors (Lipinski definition) is 0. The Kier molecular flexibility index (Phi) is 4.86. The van der Waals surface area contributed by atoms with Crippen LogP contribution in [0.2, 0.25) is 0 Å². The predicted molar refractivity (Wildman–Crippen MR) is 24.0 cm³/mol. The molecule has 2 heteroatoms. The van der Waals surface area contributed by atoms with E-state index in [0.29, 0.717) is 0 Å². The van der Waals surface area contributed by atoms with E-state index in [9.17, 15) is 0 Å². The van der Waals surface area contributed by atoms with Crippen LogP contribution >= 0.6 is 0 Å². The van der Waals surface area contributed by atoms with Crippen LogP contribution in [-0.2, 0) is 26.2 Å². The molecule has 1 nitrogen and oxygen atoms in total. The van der Waals surface area contributed by atoms with E-state index in [1.807, 2.05) is 0 Å². The van der Waals surface area contributed by atoms with Gasteiger partial charge in [0.2, 0.25) is 0 Å². The van der Waals surface area contributed by atoms with Crippen molar-refractivity contribution in [2.75, 3.05) is 28.2 Å². The molecule has 0 rings (SSSR count). The fraction of sp³-hybridized carbons (Fsp3) is 1.00. The van der Waals surface area contributed by atoms with Crippen LogP contribution in [0.3, 0.4) is 0 Å². The first-order valence-corrected chi connectivity index (χ1v) is 1.79. The first kappa shape index (κ1) is 9.96. The number of rotatable bonds is 0. The van der Waals surface area contributed by atoms with Crippen LogP contribution in [0.15, 0.2) is 0 Å². The first-order chi connectivity index (χ1) is 2.00. The zero-order valence-corrected chi connectivity index (χ0v) is 7.41. The van der Waals surface area contributed by atoms with Gasteiger partial charge >= 0.3 is 26.2 Å². The van der Waals surface area contributed by atoms with Gasteiger partial charge in [-0.2, -0.15) is 0 Å². The molecule has 0 N–H and O–H groups in total. The molecule has 0 atom stereocenters. The SMILES string of the molecule is C[N+](C)(C)C.[Zr+4]. The van der Waals surface area contributed by atoms with Gasteiger partial charge in [-0.05, 0) is 0 Å². The molecule has 0 fully saturated rings. The molecule has 0 unspecified atom stereocenters. The molecule has 0 aromatic rings. The van der Waals surface area contributed by atoms with Crippen molar-refractivity contribution < 1.29 is 30.7 Å². The molecular formula is C4H12NZr+5. The van der Waals surface area contributed by atoms with Gasteiger partial charge in [-0.3, -0.25) is 0 Å². The molecule has 0 aliphatic rings. The van der Waals surface area contributed by atoms with E-state index in [4.69, 9.17) is 0 Å². The van der Waals surface area contributed by atoms with E-state index < -0.39 is 0 Å². The summed E-state index contributed by atoms with van der Waals surface area (Å²) in [6, 6.07) is 0. The normalized spacial score (nSPS) is 10.0. The minimum atomic E-state index is 0. The minimum Gasteiger partial charge on any atom is -0.333 e. The fourth-order valence-corrected chi connectivity index (χ4v) is 0. The van der Waals surface area contributed by atoms with Crippen molar-refractivity contribution in [1.29, 1.82) is 0 Å². The minimum absolute atomic E-state index is 0. The quantitative estimate of drug-likeness (QED) is 0.454. The molecular weight excluding hydrogens is 153 g/mol. The topological polar surface area (TPSA) is 0 Å². The van der Waals surface area contributed by atoms with Gasteiger partial charge in [0, 0.05) is 0 Å². The second kappa shape index (κ2) is 2.93. The summed E-state index contributed by atoms with van der Waals surface area (Å²) in [6.45, 7) is 0.